The third-order valence-corrected chi connectivity index (χ3v) is 3.83. The molecule has 0 aromatic heterocycles. The van der Waals surface area contributed by atoms with Crippen LogP contribution in [0.1, 0.15) is 38.5 Å². The Balaban J connectivity index is 2.06. The standard InChI is InChI=1S/C10H19NO/c11-6-5-10(12)7-8-1-3-9(10)4-2-8/h8-9,12H,1-7,11H2. The fourth-order valence-corrected chi connectivity index (χ4v) is 3.13. The van der Waals surface area contributed by atoms with Crippen LogP contribution >= 0.6 is 0 Å². The summed E-state index contributed by atoms with van der Waals surface area (Å²) in [5, 5.41) is 10.3. The van der Waals surface area contributed by atoms with E-state index < -0.39 is 0 Å². The molecule has 3 saturated carbocycles. The summed E-state index contributed by atoms with van der Waals surface area (Å²) >= 11 is 0. The molecule has 0 aromatic rings. The molecule has 0 amide bonds. The van der Waals surface area contributed by atoms with Gasteiger partial charge in [-0.05, 0) is 56.9 Å². The van der Waals surface area contributed by atoms with E-state index in [1.165, 1.54) is 25.7 Å². The molecule has 0 spiro atoms. The van der Waals surface area contributed by atoms with Gasteiger partial charge in [-0.25, -0.2) is 0 Å². The highest BCUT2D eigenvalue weighted by molar-refractivity contribution is 4.97. The molecule has 0 radical (unpaired) electrons. The van der Waals surface area contributed by atoms with E-state index in [-0.39, 0.29) is 5.60 Å². The monoisotopic (exact) mass is 169 g/mol. The Morgan fingerprint density at radius 1 is 1.25 bits per heavy atom. The Morgan fingerprint density at radius 2 is 1.92 bits per heavy atom. The van der Waals surface area contributed by atoms with Crippen LogP contribution in [0.3, 0.4) is 0 Å². The zero-order valence-corrected chi connectivity index (χ0v) is 7.63. The maximum atomic E-state index is 10.3. The number of hydrogen-bond acceptors (Lipinski definition) is 2. The zero-order chi connectivity index (χ0) is 8.60. The highest BCUT2D eigenvalue weighted by Gasteiger charge is 2.45. The van der Waals surface area contributed by atoms with Crippen molar-refractivity contribution in [3.8, 4) is 0 Å². The van der Waals surface area contributed by atoms with Gasteiger partial charge >= 0.3 is 0 Å². The highest BCUT2D eigenvalue weighted by Crippen LogP contribution is 2.48. The largest absolute Gasteiger partial charge is 0.390 e. The third-order valence-electron chi connectivity index (χ3n) is 3.83. The van der Waals surface area contributed by atoms with E-state index in [1.54, 1.807) is 0 Å². The average Bonchev–Trinajstić information content (AvgIpc) is 2.05. The van der Waals surface area contributed by atoms with Crippen molar-refractivity contribution in [1.82, 2.24) is 0 Å². The van der Waals surface area contributed by atoms with Crippen LogP contribution in [0.5, 0.6) is 0 Å². The molecule has 12 heavy (non-hydrogen) atoms. The highest BCUT2D eigenvalue weighted by atomic mass is 16.3. The first kappa shape index (κ1) is 8.52. The second-order valence-corrected chi connectivity index (χ2v) is 4.56. The first-order valence-corrected chi connectivity index (χ1v) is 5.17. The molecule has 3 fully saturated rings. The molecule has 70 valence electrons. The van der Waals surface area contributed by atoms with Gasteiger partial charge in [0.2, 0.25) is 0 Å². The van der Waals surface area contributed by atoms with Gasteiger partial charge in [0, 0.05) is 0 Å². The van der Waals surface area contributed by atoms with Crippen molar-refractivity contribution in [3.05, 3.63) is 0 Å². The molecule has 0 heterocycles. The molecule has 2 bridgehead atoms. The molecule has 3 rings (SSSR count). The van der Waals surface area contributed by atoms with Gasteiger partial charge in [0.25, 0.3) is 0 Å². The van der Waals surface area contributed by atoms with Crippen molar-refractivity contribution >= 4 is 0 Å². The molecular weight excluding hydrogens is 150 g/mol. The lowest BCUT2D eigenvalue weighted by Gasteiger charge is -2.48. The van der Waals surface area contributed by atoms with Crippen LogP contribution < -0.4 is 5.73 Å². The summed E-state index contributed by atoms with van der Waals surface area (Å²) in [5.41, 5.74) is 5.14. The minimum atomic E-state index is -0.379. The third kappa shape index (κ3) is 1.27. The fourth-order valence-electron chi connectivity index (χ4n) is 3.13. The van der Waals surface area contributed by atoms with Crippen molar-refractivity contribution in [3.63, 3.8) is 0 Å². The van der Waals surface area contributed by atoms with E-state index >= 15 is 0 Å². The maximum Gasteiger partial charge on any atom is 0.0690 e. The summed E-state index contributed by atoms with van der Waals surface area (Å²) in [6.45, 7) is 0.639. The Bertz CT molecular complexity index is 163. The predicted molar refractivity (Wildman–Crippen MR) is 48.7 cm³/mol. The SMILES string of the molecule is NCCC1(O)CC2CCC1CC2. The fraction of sp³-hybridized carbons (Fsp3) is 1.00. The minimum absolute atomic E-state index is 0.379. The summed E-state index contributed by atoms with van der Waals surface area (Å²) in [6, 6.07) is 0. The van der Waals surface area contributed by atoms with E-state index in [0.29, 0.717) is 12.5 Å². The molecule has 0 saturated heterocycles. The van der Waals surface area contributed by atoms with Crippen molar-refractivity contribution < 1.29 is 5.11 Å². The molecule has 3 aliphatic rings. The molecule has 1 unspecified atom stereocenters. The van der Waals surface area contributed by atoms with Crippen LogP contribution in [0.2, 0.25) is 0 Å². The lowest BCUT2D eigenvalue weighted by molar-refractivity contribution is -0.100. The van der Waals surface area contributed by atoms with Crippen molar-refractivity contribution in [1.29, 1.82) is 0 Å². The number of fused-ring (bicyclic) bond motifs is 3. The predicted octanol–water partition coefficient (Wildman–Crippen LogP) is 1.28. The second kappa shape index (κ2) is 3.00. The summed E-state index contributed by atoms with van der Waals surface area (Å²) in [5.74, 6) is 1.36. The number of nitrogens with two attached hydrogens (primary N) is 1. The summed E-state index contributed by atoms with van der Waals surface area (Å²) in [7, 11) is 0. The van der Waals surface area contributed by atoms with E-state index in [2.05, 4.69) is 0 Å². The number of aliphatic hydroxyl groups is 1. The van der Waals surface area contributed by atoms with Crippen LogP contribution in [-0.4, -0.2) is 17.3 Å². The molecule has 3 aliphatic carbocycles. The number of rotatable bonds is 2. The molecule has 2 nitrogen and oxygen atoms in total. The van der Waals surface area contributed by atoms with E-state index in [4.69, 9.17) is 5.73 Å². The van der Waals surface area contributed by atoms with Gasteiger partial charge in [-0.2, -0.15) is 0 Å². The van der Waals surface area contributed by atoms with Crippen LogP contribution in [0.25, 0.3) is 0 Å². The molecule has 3 N–H and O–H groups in total. The molecule has 0 aromatic carbocycles. The van der Waals surface area contributed by atoms with Gasteiger partial charge in [-0.1, -0.05) is 0 Å². The average molecular weight is 169 g/mol. The van der Waals surface area contributed by atoms with Crippen LogP contribution in [0, 0.1) is 11.8 Å². The van der Waals surface area contributed by atoms with Crippen molar-refractivity contribution in [2.24, 2.45) is 17.6 Å². The van der Waals surface area contributed by atoms with Crippen LogP contribution in [0.15, 0.2) is 0 Å². The van der Waals surface area contributed by atoms with Crippen molar-refractivity contribution in [2.75, 3.05) is 6.54 Å². The van der Waals surface area contributed by atoms with Crippen molar-refractivity contribution in [2.45, 2.75) is 44.1 Å². The van der Waals surface area contributed by atoms with Crippen LogP contribution in [-0.2, 0) is 0 Å². The van der Waals surface area contributed by atoms with E-state index in [1.807, 2.05) is 0 Å². The van der Waals surface area contributed by atoms with Crippen LogP contribution in [0.4, 0.5) is 0 Å². The minimum Gasteiger partial charge on any atom is -0.390 e. The number of hydrogen-bond donors (Lipinski definition) is 2. The lowest BCUT2D eigenvalue weighted by atomic mass is 9.61. The summed E-state index contributed by atoms with van der Waals surface area (Å²) in [4.78, 5) is 0. The normalized spacial score (nSPS) is 46.5. The lowest BCUT2D eigenvalue weighted by Crippen LogP contribution is -2.48. The molecular formula is C10H19NO. The Kier molecular flexibility index (Phi) is 2.13. The summed E-state index contributed by atoms with van der Waals surface area (Å²) in [6.07, 6.45) is 7.00. The van der Waals surface area contributed by atoms with E-state index in [9.17, 15) is 5.11 Å². The molecule has 0 aliphatic heterocycles. The quantitative estimate of drug-likeness (QED) is 0.654. The van der Waals surface area contributed by atoms with Gasteiger partial charge in [0.15, 0.2) is 0 Å². The maximum absolute atomic E-state index is 10.3. The van der Waals surface area contributed by atoms with Gasteiger partial charge in [0.1, 0.15) is 0 Å². The molecule has 2 heteroatoms. The smallest absolute Gasteiger partial charge is 0.0690 e. The van der Waals surface area contributed by atoms with Gasteiger partial charge in [-0.15, -0.1) is 0 Å². The van der Waals surface area contributed by atoms with E-state index in [0.717, 1.165) is 18.8 Å². The Hall–Kier alpha value is -0.0800. The second-order valence-electron chi connectivity index (χ2n) is 4.56. The Morgan fingerprint density at radius 3 is 2.33 bits per heavy atom. The first-order valence-electron chi connectivity index (χ1n) is 5.17. The Labute approximate surface area is 74.1 Å². The van der Waals surface area contributed by atoms with Gasteiger partial charge < -0.3 is 10.8 Å². The summed E-state index contributed by atoms with van der Waals surface area (Å²) < 4.78 is 0. The topological polar surface area (TPSA) is 46.2 Å². The zero-order valence-electron chi connectivity index (χ0n) is 7.63. The van der Waals surface area contributed by atoms with Gasteiger partial charge in [0.05, 0.1) is 5.60 Å². The van der Waals surface area contributed by atoms with Gasteiger partial charge in [-0.3, -0.25) is 0 Å². The molecule has 1 atom stereocenters. The first-order chi connectivity index (χ1) is 5.74.